The zero-order valence-electron chi connectivity index (χ0n) is 17.5. The van der Waals surface area contributed by atoms with E-state index >= 15 is 0 Å². The third-order valence-corrected chi connectivity index (χ3v) is 5.13. The predicted octanol–water partition coefficient (Wildman–Crippen LogP) is 4.99. The summed E-state index contributed by atoms with van der Waals surface area (Å²) in [4.78, 5) is 0. The minimum absolute atomic E-state index is 0.210. The summed E-state index contributed by atoms with van der Waals surface area (Å²) in [6.07, 6.45) is 1.82. The lowest BCUT2D eigenvalue weighted by Gasteiger charge is -2.21. The van der Waals surface area contributed by atoms with Gasteiger partial charge in [-0.1, -0.05) is 51.1 Å². The Kier molecular flexibility index (Phi) is 8.58. The Hall–Kier alpha value is -2.27. The summed E-state index contributed by atoms with van der Waals surface area (Å²) >= 11 is 5.50. The first-order valence-electron chi connectivity index (χ1n) is 9.83. The zero-order chi connectivity index (χ0) is 20.5. The Labute approximate surface area is 174 Å². The second-order valence-electron chi connectivity index (χ2n) is 7.12. The molecule has 1 atom stereocenters. The summed E-state index contributed by atoms with van der Waals surface area (Å²) in [5.74, 6) is 2.03. The number of methoxy groups -OCH3 is 2. The lowest BCUT2D eigenvalue weighted by Crippen LogP contribution is -2.38. The number of thiocarbonyl (C=S) groups is 1. The number of rotatable bonds is 9. The minimum atomic E-state index is 0.210. The lowest BCUT2D eigenvalue weighted by atomic mass is 9.98. The maximum atomic E-state index is 5.50. The Morgan fingerprint density at radius 3 is 2.18 bits per heavy atom. The van der Waals surface area contributed by atoms with E-state index in [0.29, 0.717) is 11.0 Å². The van der Waals surface area contributed by atoms with E-state index in [-0.39, 0.29) is 6.04 Å². The van der Waals surface area contributed by atoms with E-state index in [1.165, 1.54) is 16.7 Å². The monoisotopic (exact) mass is 400 g/mol. The zero-order valence-corrected chi connectivity index (χ0v) is 18.4. The molecule has 5 heteroatoms. The van der Waals surface area contributed by atoms with Crippen molar-refractivity contribution < 1.29 is 9.47 Å². The fourth-order valence-corrected chi connectivity index (χ4v) is 3.34. The molecule has 1 unspecified atom stereocenters. The van der Waals surface area contributed by atoms with Crippen molar-refractivity contribution in [1.82, 2.24) is 10.6 Å². The van der Waals surface area contributed by atoms with Crippen molar-refractivity contribution in [2.24, 2.45) is 0 Å². The summed E-state index contributed by atoms with van der Waals surface area (Å²) in [5, 5.41) is 7.42. The average molecular weight is 401 g/mol. The van der Waals surface area contributed by atoms with Gasteiger partial charge in [-0.25, -0.2) is 0 Å². The average Bonchev–Trinajstić information content (AvgIpc) is 2.71. The number of benzene rings is 2. The van der Waals surface area contributed by atoms with Crippen LogP contribution >= 0.6 is 12.2 Å². The van der Waals surface area contributed by atoms with E-state index in [9.17, 15) is 0 Å². The molecule has 0 aliphatic heterocycles. The highest BCUT2D eigenvalue weighted by Crippen LogP contribution is 2.27. The van der Waals surface area contributed by atoms with Gasteiger partial charge in [0.15, 0.2) is 16.6 Å². The number of nitrogens with one attached hydrogen (secondary N) is 2. The second-order valence-corrected chi connectivity index (χ2v) is 7.53. The molecule has 0 heterocycles. The molecule has 2 aromatic rings. The van der Waals surface area contributed by atoms with E-state index in [2.05, 4.69) is 55.7 Å². The Morgan fingerprint density at radius 2 is 1.61 bits per heavy atom. The molecule has 2 N–H and O–H groups in total. The summed E-state index contributed by atoms with van der Waals surface area (Å²) in [5.41, 5.74) is 3.79. The highest BCUT2D eigenvalue weighted by Gasteiger charge is 2.11. The van der Waals surface area contributed by atoms with E-state index in [1.807, 2.05) is 18.2 Å². The molecule has 0 bridgehead atoms. The molecule has 152 valence electrons. The van der Waals surface area contributed by atoms with Crippen molar-refractivity contribution in [3.8, 4) is 11.5 Å². The van der Waals surface area contributed by atoms with Gasteiger partial charge in [-0.3, -0.25) is 0 Å². The maximum absolute atomic E-state index is 5.50. The van der Waals surface area contributed by atoms with Gasteiger partial charge < -0.3 is 20.1 Å². The summed E-state index contributed by atoms with van der Waals surface area (Å²) in [6, 6.07) is 15.0. The van der Waals surface area contributed by atoms with Gasteiger partial charge in [0.05, 0.1) is 20.3 Å². The maximum Gasteiger partial charge on any atom is 0.166 e. The molecule has 0 saturated carbocycles. The first-order valence-corrected chi connectivity index (χ1v) is 10.2. The normalized spacial score (nSPS) is 11.8. The molecule has 2 rings (SSSR count). The van der Waals surface area contributed by atoms with E-state index in [0.717, 1.165) is 30.9 Å². The van der Waals surface area contributed by atoms with Gasteiger partial charge in [-0.2, -0.15) is 0 Å². The van der Waals surface area contributed by atoms with E-state index < -0.39 is 0 Å². The first kappa shape index (κ1) is 22.0. The van der Waals surface area contributed by atoms with Gasteiger partial charge in [0.2, 0.25) is 0 Å². The first-order chi connectivity index (χ1) is 13.5. The Balaban J connectivity index is 1.87. The standard InChI is InChI=1S/C23H32N2O2S/c1-6-20(19-10-8-18(9-11-19)16(2)3)25-23(28)24-14-13-17-7-12-21(26-4)22(15-17)27-5/h7-12,15-16,20H,6,13-14H2,1-5H3,(H2,24,25,28). The molecule has 4 nitrogen and oxygen atoms in total. The van der Waals surface area contributed by atoms with Crippen LogP contribution in [-0.4, -0.2) is 25.9 Å². The van der Waals surface area contributed by atoms with Crippen LogP contribution in [0.5, 0.6) is 11.5 Å². The molecular formula is C23H32N2O2S. The van der Waals surface area contributed by atoms with Gasteiger partial charge in [0.25, 0.3) is 0 Å². The van der Waals surface area contributed by atoms with E-state index in [4.69, 9.17) is 21.7 Å². The molecule has 28 heavy (non-hydrogen) atoms. The predicted molar refractivity (Wildman–Crippen MR) is 121 cm³/mol. The molecular weight excluding hydrogens is 368 g/mol. The topological polar surface area (TPSA) is 42.5 Å². The second kappa shape index (κ2) is 10.9. The molecule has 0 aliphatic rings. The van der Waals surface area contributed by atoms with Gasteiger partial charge in [0.1, 0.15) is 0 Å². The molecule has 0 saturated heterocycles. The third-order valence-electron chi connectivity index (χ3n) is 4.87. The highest BCUT2D eigenvalue weighted by molar-refractivity contribution is 7.80. The van der Waals surface area contributed by atoms with Crippen molar-refractivity contribution in [1.29, 1.82) is 0 Å². The smallest absolute Gasteiger partial charge is 0.166 e. The van der Waals surface area contributed by atoms with Crippen molar-refractivity contribution in [2.75, 3.05) is 20.8 Å². The van der Waals surface area contributed by atoms with Crippen molar-refractivity contribution in [3.05, 3.63) is 59.2 Å². The Morgan fingerprint density at radius 1 is 0.964 bits per heavy atom. The summed E-state index contributed by atoms with van der Waals surface area (Å²) in [7, 11) is 3.29. The van der Waals surface area contributed by atoms with Gasteiger partial charge >= 0.3 is 0 Å². The van der Waals surface area contributed by atoms with Gasteiger partial charge in [0, 0.05) is 6.54 Å². The minimum Gasteiger partial charge on any atom is -0.493 e. The van der Waals surface area contributed by atoms with Crippen molar-refractivity contribution in [2.45, 2.75) is 45.6 Å². The van der Waals surface area contributed by atoms with Crippen LogP contribution in [0.1, 0.15) is 55.8 Å². The van der Waals surface area contributed by atoms with Gasteiger partial charge in [-0.15, -0.1) is 0 Å². The van der Waals surface area contributed by atoms with Crippen LogP contribution in [0.2, 0.25) is 0 Å². The van der Waals surface area contributed by atoms with Crippen LogP contribution in [0.15, 0.2) is 42.5 Å². The fourth-order valence-electron chi connectivity index (χ4n) is 3.10. The van der Waals surface area contributed by atoms with E-state index in [1.54, 1.807) is 14.2 Å². The molecule has 0 radical (unpaired) electrons. The highest BCUT2D eigenvalue weighted by atomic mass is 32.1. The Bertz CT molecular complexity index is 760. The molecule has 0 aliphatic carbocycles. The lowest BCUT2D eigenvalue weighted by molar-refractivity contribution is 0.354. The number of hydrogen-bond acceptors (Lipinski definition) is 3. The summed E-state index contributed by atoms with van der Waals surface area (Å²) < 4.78 is 10.6. The fraction of sp³-hybridized carbons (Fsp3) is 0.435. The van der Waals surface area contributed by atoms with Crippen LogP contribution < -0.4 is 20.1 Å². The van der Waals surface area contributed by atoms with Crippen LogP contribution in [-0.2, 0) is 6.42 Å². The quantitative estimate of drug-likeness (QED) is 0.581. The molecule has 0 fully saturated rings. The summed E-state index contributed by atoms with van der Waals surface area (Å²) in [6.45, 7) is 7.34. The molecule has 0 amide bonds. The SMILES string of the molecule is CCC(NC(=S)NCCc1ccc(OC)c(OC)c1)c1ccc(C(C)C)cc1. The molecule has 0 spiro atoms. The number of hydrogen-bond donors (Lipinski definition) is 2. The van der Waals surface area contributed by atoms with Crippen LogP contribution in [0.25, 0.3) is 0 Å². The molecule has 0 aromatic heterocycles. The van der Waals surface area contributed by atoms with Crippen LogP contribution in [0.4, 0.5) is 0 Å². The largest absolute Gasteiger partial charge is 0.493 e. The third kappa shape index (κ3) is 6.13. The van der Waals surface area contributed by atoms with Crippen molar-refractivity contribution in [3.63, 3.8) is 0 Å². The van der Waals surface area contributed by atoms with Crippen molar-refractivity contribution >= 4 is 17.3 Å². The van der Waals surface area contributed by atoms with Crippen LogP contribution in [0.3, 0.4) is 0 Å². The van der Waals surface area contributed by atoms with Gasteiger partial charge in [-0.05, 0) is 59.8 Å². The number of ether oxygens (including phenoxy) is 2. The molecule has 2 aromatic carbocycles. The van der Waals surface area contributed by atoms with Crippen LogP contribution in [0, 0.1) is 0 Å².